The molecule has 0 saturated heterocycles. The van der Waals surface area contributed by atoms with Crippen LogP contribution < -0.4 is 0 Å². The summed E-state index contributed by atoms with van der Waals surface area (Å²) in [6.07, 6.45) is 78.7. The molecule has 1 unspecified atom stereocenters. The molecule has 362 valence electrons. The summed E-state index contributed by atoms with van der Waals surface area (Å²) in [5, 5.41) is 9.59. The fourth-order valence-corrected chi connectivity index (χ4v) is 6.88. The van der Waals surface area contributed by atoms with E-state index in [0.29, 0.717) is 12.8 Å². The molecular weight excluding hydrogens is 789 g/mol. The van der Waals surface area contributed by atoms with Crippen LogP contribution in [0.4, 0.5) is 0 Å². The monoisotopic (exact) mass is 885 g/mol. The number of hydrogen-bond acceptors (Lipinski definition) is 5. The minimum Gasteiger partial charge on any atom is -0.462 e. The Balaban J connectivity index is 3.61. The molecule has 0 heterocycles. The van der Waals surface area contributed by atoms with Gasteiger partial charge in [-0.3, -0.25) is 9.59 Å². The van der Waals surface area contributed by atoms with Crippen LogP contribution in [0.1, 0.15) is 219 Å². The van der Waals surface area contributed by atoms with Gasteiger partial charge in [-0.05, 0) is 89.9 Å². The van der Waals surface area contributed by atoms with Crippen LogP contribution in [0, 0.1) is 0 Å². The van der Waals surface area contributed by atoms with Crippen molar-refractivity contribution in [2.75, 3.05) is 13.2 Å². The normalized spacial score (nSPS) is 13.2. The fraction of sp³-hybridized carbons (Fsp3) is 0.627. The minimum absolute atomic E-state index is 0.0729. The molecule has 0 aliphatic rings. The maximum atomic E-state index is 12.2. The van der Waals surface area contributed by atoms with Crippen LogP contribution in [-0.2, 0) is 19.1 Å². The number of hydrogen-bond donors (Lipinski definition) is 1. The predicted molar refractivity (Wildman–Crippen MR) is 278 cm³/mol. The Hall–Kier alpha value is -3.70. The summed E-state index contributed by atoms with van der Waals surface area (Å²) in [6.45, 7) is 4.00. The van der Waals surface area contributed by atoms with Gasteiger partial charge in [-0.15, -0.1) is 0 Å². The van der Waals surface area contributed by atoms with Crippen molar-refractivity contribution in [2.24, 2.45) is 0 Å². The lowest BCUT2D eigenvalue weighted by Crippen LogP contribution is -2.28. The highest BCUT2D eigenvalue weighted by molar-refractivity contribution is 5.70. The first-order valence-corrected chi connectivity index (χ1v) is 26.1. The second kappa shape index (κ2) is 53.6. The van der Waals surface area contributed by atoms with Crippen molar-refractivity contribution in [1.82, 2.24) is 0 Å². The zero-order valence-corrected chi connectivity index (χ0v) is 41.2. The van der Waals surface area contributed by atoms with E-state index in [1.807, 2.05) is 0 Å². The fourth-order valence-electron chi connectivity index (χ4n) is 6.88. The van der Waals surface area contributed by atoms with E-state index in [0.717, 1.165) is 109 Å². The van der Waals surface area contributed by atoms with Crippen molar-refractivity contribution in [3.8, 4) is 0 Å². The average molecular weight is 885 g/mol. The summed E-state index contributed by atoms with van der Waals surface area (Å²) in [6, 6.07) is 0. The number of rotatable bonds is 46. The lowest BCUT2D eigenvalue weighted by atomic mass is 10.1. The molecule has 0 bridgehead atoms. The van der Waals surface area contributed by atoms with Crippen molar-refractivity contribution in [1.29, 1.82) is 0 Å². The molecule has 5 heteroatoms. The maximum absolute atomic E-state index is 12.2. The Morgan fingerprint density at radius 3 is 1.02 bits per heavy atom. The van der Waals surface area contributed by atoms with Gasteiger partial charge in [0, 0.05) is 12.8 Å². The lowest BCUT2D eigenvalue weighted by molar-refractivity contribution is -0.161. The van der Waals surface area contributed by atoms with E-state index in [2.05, 4.69) is 135 Å². The Morgan fingerprint density at radius 1 is 0.375 bits per heavy atom. The van der Waals surface area contributed by atoms with E-state index in [9.17, 15) is 14.7 Å². The number of carbonyl (C=O) groups excluding carboxylic acids is 2. The third kappa shape index (κ3) is 50.9. The largest absolute Gasteiger partial charge is 0.462 e. The Labute approximate surface area is 394 Å². The number of aliphatic hydroxyl groups is 1. The zero-order valence-electron chi connectivity index (χ0n) is 41.2. The van der Waals surface area contributed by atoms with Gasteiger partial charge in [0.1, 0.15) is 6.61 Å². The molecule has 1 N–H and O–H groups in total. The third-order valence-corrected chi connectivity index (χ3v) is 10.8. The second-order valence-electron chi connectivity index (χ2n) is 16.9. The summed E-state index contributed by atoms with van der Waals surface area (Å²) in [5.74, 6) is -0.606. The van der Waals surface area contributed by atoms with E-state index >= 15 is 0 Å². The summed E-state index contributed by atoms with van der Waals surface area (Å²) in [7, 11) is 0. The quantitative estimate of drug-likeness (QED) is 0.0375. The Kier molecular flexibility index (Phi) is 50.5. The van der Waals surface area contributed by atoms with Crippen LogP contribution in [0.2, 0.25) is 0 Å². The van der Waals surface area contributed by atoms with Crippen LogP contribution in [0.3, 0.4) is 0 Å². The van der Waals surface area contributed by atoms with Crippen molar-refractivity contribution in [3.63, 3.8) is 0 Å². The van der Waals surface area contributed by atoms with Crippen LogP contribution in [0.5, 0.6) is 0 Å². The molecule has 1 atom stereocenters. The predicted octanol–water partition coefficient (Wildman–Crippen LogP) is 17.5. The number of ether oxygens (including phenoxy) is 2. The van der Waals surface area contributed by atoms with Crippen molar-refractivity contribution < 1.29 is 24.2 Å². The molecule has 0 aliphatic heterocycles. The molecule has 0 spiro atoms. The summed E-state index contributed by atoms with van der Waals surface area (Å²) < 4.78 is 10.6. The highest BCUT2D eigenvalue weighted by Gasteiger charge is 2.16. The van der Waals surface area contributed by atoms with E-state index < -0.39 is 6.10 Å². The smallest absolute Gasteiger partial charge is 0.306 e. The summed E-state index contributed by atoms with van der Waals surface area (Å²) in [4.78, 5) is 24.3. The molecule has 0 aromatic rings. The number of allylic oxidation sites excluding steroid dienone is 20. The number of unbranched alkanes of at least 4 members (excludes halogenated alkanes) is 18. The number of carbonyl (C=O) groups is 2. The van der Waals surface area contributed by atoms with Gasteiger partial charge in [-0.2, -0.15) is 0 Å². The summed E-state index contributed by atoms with van der Waals surface area (Å²) >= 11 is 0. The van der Waals surface area contributed by atoms with Crippen LogP contribution >= 0.6 is 0 Å². The van der Waals surface area contributed by atoms with Gasteiger partial charge in [0.05, 0.1) is 6.61 Å². The van der Waals surface area contributed by atoms with Gasteiger partial charge in [-0.25, -0.2) is 0 Å². The summed E-state index contributed by atoms with van der Waals surface area (Å²) in [5.41, 5.74) is 0. The second-order valence-corrected chi connectivity index (χ2v) is 16.9. The molecule has 64 heavy (non-hydrogen) atoms. The Morgan fingerprint density at radius 2 is 0.672 bits per heavy atom. The van der Waals surface area contributed by atoms with E-state index in [4.69, 9.17) is 9.47 Å². The zero-order chi connectivity index (χ0) is 46.3. The standard InChI is InChI=1S/C59H96O5/c1-3-5-7-9-11-13-15-16-17-18-19-20-21-22-23-24-25-26-27-28-29-30-31-32-33-34-35-36-37-38-39-40-41-42-44-46-48-50-52-54-59(62)64-57(55-60)56-63-58(61)53-51-49-47-45-43-14-12-10-8-6-4-2/h5,7,11,13,16-17,19-20,22-23,25-26,28-29,31-32,34-35,37-38,57,60H,3-4,6,8-10,12,14-15,18,21,24,27,30,33,36,39-56H2,1-2H3/b7-5-,13-11-,17-16-,20-19-,23-22-,26-25-,29-28-,32-31-,35-34-,38-37-. The SMILES string of the molecule is CC/C=C\C/C=C\C/C=C\C/C=C\C/C=C\C/C=C\C/C=C\C/C=C\C/C=C\C/C=C\CCCCCCCCCCC(=O)OC(CO)COC(=O)CCCCCCCCCCCCC. The molecule has 0 aromatic carbocycles. The maximum Gasteiger partial charge on any atom is 0.306 e. The third-order valence-electron chi connectivity index (χ3n) is 10.8. The first-order chi connectivity index (χ1) is 31.6. The van der Waals surface area contributed by atoms with Gasteiger partial charge in [0.25, 0.3) is 0 Å². The van der Waals surface area contributed by atoms with E-state index in [1.54, 1.807) is 0 Å². The van der Waals surface area contributed by atoms with Crippen LogP contribution in [0.25, 0.3) is 0 Å². The topological polar surface area (TPSA) is 72.8 Å². The van der Waals surface area contributed by atoms with Gasteiger partial charge in [0.2, 0.25) is 0 Å². The van der Waals surface area contributed by atoms with Gasteiger partial charge >= 0.3 is 11.9 Å². The molecule has 0 fully saturated rings. The van der Waals surface area contributed by atoms with Gasteiger partial charge in [-0.1, -0.05) is 238 Å². The van der Waals surface area contributed by atoms with Crippen molar-refractivity contribution in [2.45, 2.75) is 225 Å². The first-order valence-electron chi connectivity index (χ1n) is 26.1. The van der Waals surface area contributed by atoms with Gasteiger partial charge < -0.3 is 14.6 Å². The molecular formula is C59H96O5. The van der Waals surface area contributed by atoms with Crippen LogP contribution in [0.15, 0.2) is 122 Å². The van der Waals surface area contributed by atoms with Gasteiger partial charge in [0.15, 0.2) is 6.10 Å². The number of aliphatic hydroxyl groups excluding tert-OH is 1. The first kappa shape index (κ1) is 60.3. The molecule has 0 saturated carbocycles. The lowest BCUT2D eigenvalue weighted by Gasteiger charge is -2.15. The Bertz CT molecular complexity index is 1320. The van der Waals surface area contributed by atoms with E-state index in [-0.39, 0.29) is 25.2 Å². The molecule has 0 radical (unpaired) electrons. The molecule has 0 amide bonds. The highest BCUT2D eigenvalue weighted by atomic mass is 16.6. The molecule has 0 aliphatic carbocycles. The van der Waals surface area contributed by atoms with Crippen molar-refractivity contribution in [3.05, 3.63) is 122 Å². The highest BCUT2D eigenvalue weighted by Crippen LogP contribution is 2.14. The minimum atomic E-state index is -0.780. The average Bonchev–Trinajstić information content (AvgIpc) is 3.30. The molecule has 0 rings (SSSR count). The van der Waals surface area contributed by atoms with Crippen LogP contribution in [-0.4, -0.2) is 36.4 Å². The molecule has 0 aromatic heterocycles. The van der Waals surface area contributed by atoms with Crippen molar-refractivity contribution >= 4 is 11.9 Å². The molecule has 5 nitrogen and oxygen atoms in total. The number of esters is 2. The van der Waals surface area contributed by atoms with E-state index in [1.165, 1.54) is 83.5 Å².